The predicted octanol–water partition coefficient (Wildman–Crippen LogP) is 4.08. The normalized spacial score (nSPS) is 17.6. The molecule has 0 aliphatic carbocycles. The first-order chi connectivity index (χ1) is 16.1. The minimum atomic E-state index is -0.0382. The van der Waals surface area contributed by atoms with Gasteiger partial charge in [0.15, 0.2) is 0 Å². The van der Waals surface area contributed by atoms with E-state index in [1.165, 1.54) is 0 Å². The van der Waals surface area contributed by atoms with Crippen LogP contribution in [0.15, 0.2) is 40.2 Å². The second kappa shape index (κ2) is 9.44. The summed E-state index contributed by atoms with van der Waals surface area (Å²) in [5, 5.41) is 9.13. The maximum absolute atomic E-state index is 12.9. The van der Waals surface area contributed by atoms with Crippen molar-refractivity contribution in [2.24, 2.45) is 5.92 Å². The van der Waals surface area contributed by atoms with Crippen molar-refractivity contribution in [3.05, 3.63) is 47.2 Å². The lowest BCUT2D eigenvalue weighted by Gasteiger charge is -2.30. The largest absolute Gasteiger partial charge is 0.338 e. The molecule has 9 heteroatoms. The average Bonchev–Trinajstić information content (AvgIpc) is 3.58. The van der Waals surface area contributed by atoms with E-state index >= 15 is 0 Å². The van der Waals surface area contributed by atoms with Crippen molar-refractivity contribution < 1.29 is 14.1 Å². The fourth-order valence-corrected chi connectivity index (χ4v) is 5.14. The Bertz CT molecular complexity index is 1130. The summed E-state index contributed by atoms with van der Waals surface area (Å²) in [5.74, 6) is 1.38. The molecule has 2 fully saturated rings. The van der Waals surface area contributed by atoms with Gasteiger partial charge in [0.2, 0.25) is 23.5 Å². The number of thiophene rings is 1. The first-order valence-electron chi connectivity index (χ1n) is 11.4. The summed E-state index contributed by atoms with van der Waals surface area (Å²) in [5.41, 5.74) is 2.68. The SMILES string of the molecule is Cc1ccc(NC(=O)C2CCN(Cc3nc(-c4cccs4)no3)CC2)cc1N1CCCC1=O. The molecule has 2 aromatic heterocycles. The number of aryl methyl sites for hydroxylation is 1. The third-order valence-electron chi connectivity index (χ3n) is 6.37. The number of piperidine rings is 1. The van der Waals surface area contributed by atoms with E-state index in [1.54, 1.807) is 11.3 Å². The van der Waals surface area contributed by atoms with Crippen LogP contribution in [0.1, 0.15) is 37.1 Å². The maximum Gasteiger partial charge on any atom is 0.241 e. The van der Waals surface area contributed by atoms with E-state index < -0.39 is 0 Å². The van der Waals surface area contributed by atoms with Crippen LogP contribution in [0, 0.1) is 12.8 Å². The average molecular weight is 466 g/mol. The summed E-state index contributed by atoms with van der Waals surface area (Å²) in [6, 6.07) is 9.74. The van der Waals surface area contributed by atoms with Gasteiger partial charge in [0, 0.05) is 30.3 Å². The number of hydrogen-bond acceptors (Lipinski definition) is 7. The van der Waals surface area contributed by atoms with Gasteiger partial charge in [-0.05, 0) is 68.4 Å². The van der Waals surface area contributed by atoms with E-state index in [1.807, 2.05) is 47.5 Å². The number of likely N-dealkylation sites (tertiary alicyclic amines) is 1. The molecule has 2 aliphatic heterocycles. The zero-order chi connectivity index (χ0) is 22.8. The molecule has 33 heavy (non-hydrogen) atoms. The van der Waals surface area contributed by atoms with E-state index in [0.717, 1.165) is 60.7 Å². The Labute approximate surface area is 196 Å². The summed E-state index contributed by atoms with van der Waals surface area (Å²) in [6.07, 6.45) is 3.03. The van der Waals surface area contributed by atoms with Crippen molar-refractivity contribution >= 4 is 34.5 Å². The van der Waals surface area contributed by atoms with Gasteiger partial charge in [-0.25, -0.2) is 0 Å². The van der Waals surface area contributed by atoms with Crippen molar-refractivity contribution in [2.45, 2.75) is 39.2 Å². The number of rotatable bonds is 6. The second-order valence-electron chi connectivity index (χ2n) is 8.68. The Balaban J connectivity index is 1.15. The van der Waals surface area contributed by atoms with Gasteiger partial charge in [0.1, 0.15) is 0 Å². The van der Waals surface area contributed by atoms with Gasteiger partial charge in [0.05, 0.1) is 11.4 Å². The number of nitrogens with zero attached hydrogens (tertiary/aromatic N) is 4. The zero-order valence-electron chi connectivity index (χ0n) is 18.6. The second-order valence-corrected chi connectivity index (χ2v) is 9.63. The number of anilines is 2. The highest BCUT2D eigenvalue weighted by molar-refractivity contribution is 7.13. The Morgan fingerprint density at radius 3 is 2.82 bits per heavy atom. The van der Waals surface area contributed by atoms with Crippen molar-refractivity contribution in [3.63, 3.8) is 0 Å². The van der Waals surface area contributed by atoms with E-state index in [4.69, 9.17) is 4.52 Å². The third kappa shape index (κ3) is 4.84. The van der Waals surface area contributed by atoms with Gasteiger partial charge in [-0.2, -0.15) is 4.98 Å². The lowest BCUT2D eigenvalue weighted by Crippen LogP contribution is -2.37. The number of nitrogens with one attached hydrogen (secondary N) is 1. The molecule has 5 rings (SSSR count). The standard InChI is InChI=1S/C24H27N5O3S/c1-16-6-7-18(14-19(16)29-10-2-5-22(29)30)25-24(31)17-8-11-28(12-9-17)15-21-26-23(27-32-21)20-4-3-13-33-20/h3-4,6-7,13-14,17H,2,5,8-12,15H2,1H3,(H,25,31). The van der Waals surface area contributed by atoms with E-state index in [-0.39, 0.29) is 17.7 Å². The number of benzene rings is 1. The molecule has 0 spiro atoms. The molecule has 1 aromatic carbocycles. The molecular formula is C24H27N5O3S. The summed E-state index contributed by atoms with van der Waals surface area (Å²) >= 11 is 1.59. The minimum absolute atomic E-state index is 0.0370. The van der Waals surface area contributed by atoms with Crippen molar-refractivity contribution in [1.29, 1.82) is 0 Å². The first-order valence-corrected chi connectivity index (χ1v) is 12.3. The van der Waals surface area contributed by atoms with Crippen LogP contribution in [0.25, 0.3) is 10.7 Å². The predicted molar refractivity (Wildman–Crippen MR) is 127 cm³/mol. The summed E-state index contributed by atoms with van der Waals surface area (Å²) in [7, 11) is 0. The zero-order valence-corrected chi connectivity index (χ0v) is 19.4. The fourth-order valence-electron chi connectivity index (χ4n) is 4.49. The molecule has 0 saturated carbocycles. The fraction of sp³-hybridized carbons (Fsp3) is 0.417. The van der Waals surface area contributed by atoms with Crippen LogP contribution >= 0.6 is 11.3 Å². The molecule has 0 atom stereocenters. The van der Waals surface area contributed by atoms with Gasteiger partial charge in [-0.15, -0.1) is 11.3 Å². The van der Waals surface area contributed by atoms with Gasteiger partial charge >= 0.3 is 0 Å². The summed E-state index contributed by atoms with van der Waals surface area (Å²) in [4.78, 5) is 34.6. The lowest BCUT2D eigenvalue weighted by atomic mass is 9.95. The Morgan fingerprint density at radius 2 is 2.09 bits per heavy atom. The molecule has 2 amide bonds. The summed E-state index contributed by atoms with van der Waals surface area (Å²) < 4.78 is 5.41. The molecule has 3 aromatic rings. The number of hydrogen-bond donors (Lipinski definition) is 1. The highest BCUT2D eigenvalue weighted by Crippen LogP contribution is 2.29. The van der Waals surface area contributed by atoms with Crippen LogP contribution in [0.2, 0.25) is 0 Å². The molecule has 0 unspecified atom stereocenters. The highest BCUT2D eigenvalue weighted by Gasteiger charge is 2.27. The van der Waals surface area contributed by atoms with Crippen LogP contribution in [0.3, 0.4) is 0 Å². The maximum atomic E-state index is 12.9. The quantitative estimate of drug-likeness (QED) is 0.590. The van der Waals surface area contributed by atoms with Crippen LogP contribution in [-0.2, 0) is 16.1 Å². The van der Waals surface area contributed by atoms with Gasteiger partial charge in [-0.1, -0.05) is 17.3 Å². The van der Waals surface area contributed by atoms with Crippen LogP contribution in [-0.4, -0.2) is 46.5 Å². The Kier molecular flexibility index (Phi) is 6.24. The van der Waals surface area contributed by atoms with Gasteiger partial charge in [0.25, 0.3) is 0 Å². The van der Waals surface area contributed by atoms with Crippen molar-refractivity contribution in [1.82, 2.24) is 15.0 Å². The molecule has 0 bridgehead atoms. The molecule has 0 radical (unpaired) electrons. The first kappa shape index (κ1) is 21.8. The molecule has 4 heterocycles. The molecule has 1 N–H and O–H groups in total. The molecule has 2 saturated heterocycles. The number of carbonyl (C=O) groups excluding carboxylic acids is 2. The topological polar surface area (TPSA) is 91.6 Å². The molecule has 8 nitrogen and oxygen atoms in total. The monoisotopic (exact) mass is 465 g/mol. The molecule has 2 aliphatic rings. The lowest BCUT2D eigenvalue weighted by molar-refractivity contribution is -0.121. The van der Waals surface area contributed by atoms with Gasteiger partial charge < -0.3 is 14.7 Å². The van der Waals surface area contributed by atoms with Gasteiger partial charge in [-0.3, -0.25) is 14.5 Å². The highest BCUT2D eigenvalue weighted by atomic mass is 32.1. The Morgan fingerprint density at radius 1 is 1.24 bits per heavy atom. The third-order valence-corrected chi connectivity index (χ3v) is 7.23. The van der Waals surface area contributed by atoms with Crippen molar-refractivity contribution in [3.8, 4) is 10.7 Å². The smallest absolute Gasteiger partial charge is 0.241 e. The minimum Gasteiger partial charge on any atom is -0.338 e. The van der Waals surface area contributed by atoms with Crippen LogP contribution < -0.4 is 10.2 Å². The van der Waals surface area contributed by atoms with Crippen LogP contribution in [0.5, 0.6) is 0 Å². The van der Waals surface area contributed by atoms with E-state index in [0.29, 0.717) is 24.7 Å². The van der Waals surface area contributed by atoms with Crippen molar-refractivity contribution in [2.75, 3.05) is 29.9 Å². The number of amides is 2. The molecular weight excluding hydrogens is 438 g/mol. The Hall–Kier alpha value is -3.04. The molecule has 172 valence electrons. The number of carbonyl (C=O) groups is 2. The number of aromatic nitrogens is 2. The summed E-state index contributed by atoms with van der Waals surface area (Å²) in [6.45, 7) is 4.93. The van der Waals surface area contributed by atoms with E-state index in [9.17, 15) is 9.59 Å². The van der Waals surface area contributed by atoms with Crippen LogP contribution in [0.4, 0.5) is 11.4 Å². The van der Waals surface area contributed by atoms with E-state index in [2.05, 4.69) is 20.4 Å².